The van der Waals surface area contributed by atoms with Crippen molar-refractivity contribution in [1.29, 1.82) is 0 Å². The number of carbonyl (C=O) groups is 2. The average Bonchev–Trinajstić information content (AvgIpc) is 3.33. The normalized spacial score (nSPS) is 15.9. The number of methoxy groups -OCH3 is 1. The minimum Gasteiger partial charge on any atom is -0.507 e. The smallest absolute Gasteiger partial charge is 0.295 e. The maximum absolute atomic E-state index is 13.6. The van der Waals surface area contributed by atoms with Crippen LogP contribution in [0.15, 0.2) is 72.3 Å². The Morgan fingerprint density at radius 2 is 1.59 bits per heavy atom. The van der Waals surface area contributed by atoms with E-state index in [1.165, 1.54) is 5.56 Å². The second-order valence-corrected chi connectivity index (χ2v) is 11.6. The van der Waals surface area contributed by atoms with Gasteiger partial charge in [-0.3, -0.25) is 9.59 Å². The number of aliphatic hydroxyl groups excluding tert-OH is 1. The summed E-state index contributed by atoms with van der Waals surface area (Å²) in [7, 11) is 1.57. The number of Topliss-reactive ketones (excluding diaryl/α,β-unsaturated/α-hetero) is 1. The Morgan fingerprint density at radius 1 is 0.870 bits per heavy atom. The molecule has 3 aromatic carbocycles. The molecule has 3 aromatic rings. The Bertz CT molecular complexity index is 1480. The minimum absolute atomic E-state index is 0.0554. The van der Waals surface area contributed by atoms with Crippen molar-refractivity contribution in [2.24, 2.45) is 0 Å². The molecule has 0 spiro atoms. The topological polar surface area (TPSA) is 88.5 Å². The van der Waals surface area contributed by atoms with E-state index in [9.17, 15) is 14.7 Å². The fraction of sp³-hybridized carbons (Fsp3) is 0.421. The fourth-order valence-corrected chi connectivity index (χ4v) is 5.68. The van der Waals surface area contributed by atoms with Crippen LogP contribution in [0.2, 0.25) is 0 Å². The van der Waals surface area contributed by atoms with Gasteiger partial charge in [-0.2, -0.15) is 0 Å². The first-order valence-corrected chi connectivity index (χ1v) is 16.4. The van der Waals surface area contributed by atoms with E-state index in [2.05, 4.69) is 25.7 Å². The fourth-order valence-electron chi connectivity index (χ4n) is 5.68. The van der Waals surface area contributed by atoms with E-state index in [0.717, 1.165) is 44.5 Å². The first-order valence-electron chi connectivity index (χ1n) is 16.4. The van der Waals surface area contributed by atoms with E-state index in [-0.39, 0.29) is 11.3 Å². The molecule has 1 heterocycles. The van der Waals surface area contributed by atoms with Gasteiger partial charge in [0.15, 0.2) is 11.5 Å². The van der Waals surface area contributed by atoms with E-state index >= 15 is 0 Å². The molecule has 0 unspecified atom stereocenters. The quantitative estimate of drug-likeness (QED) is 0.0726. The van der Waals surface area contributed by atoms with Gasteiger partial charge in [-0.05, 0) is 86.9 Å². The molecule has 0 aliphatic carbocycles. The highest BCUT2D eigenvalue weighted by molar-refractivity contribution is 6.46. The molecular weight excluding hydrogens is 580 g/mol. The van der Waals surface area contributed by atoms with E-state index in [1.807, 2.05) is 43.3 Å². The summed E-state index contributed by atoms with van der Waals surface area (Å²) in [5, 5.41) is 11.6. The largest absolute Gasteiger partial charge is 0.507 e. The third-order valence-corrected chi connectivity index (χ3v) is 8.47. The lowest BCUT2D eigenvalue weighted by Crippen LogP contribution is -2.33. The molecule has 8 heteroatoms. The Labute approximate surface area is 273 Å². The number of likely N-dealkylation sites (tertiary alicyclic amines) is 1. The number of ether oxygens (including phenoxy) is 3. The standard InChI is InChI=1S/C38H48N2O6/c1-6-9-10-24-45-32-21-18-30(25-33(32)44-5)35-34(37(42)38(43)40(35)23-11-22-39(7-2)8-3)36(41)29-16-19-31(20-17-29)46-26-28-14-12-27(4)13-15-28/h12-21,25,35,41H,6-11,22-24,26H2,1-5H3/t35-/m1/s1. The number of aryl methyl sites for hydroxylation is 1. The SMILES string of the molecule is CCCCCOc1ccc([C@@H]2C(=C(O)c3ccc(OCc4ccc(C)cc4)cc3)C(=O)C(=O)N2CCCN(CC)CC)cc1OC. The molecule has 1 aliphatic rings. The number of hydrogen-bond acceptors (Lipinski definition) is 7. The summed E-state index contributed by atoms with van der Waals surface area (Å²) in [5.41, 5.74) is 3.38. The lowest BCUT2D eigenvalue weighted by Gasteiger charge is -2.27. The van der Waals surface area contributed by atoms with Crippen LogP contribution >= 0.6 is 0 Å². The minimum atomic E-state index is -0.780. The highest BCUT2D eigenvalue weighted by Gasteiger charge is 2.46. The van der Waals surface area contributed by atoms with Crippen molar-refractivity contribution in [3.63, 3.8) is 0 Å². The van der Waals surface area contributed by atoms with Crippen LogP contribution in [0.1, 0.15) is 74.8 Å². The lowest BCUT2D eigenvalue weighted by molar-refractivity contribution is -0.140. The van der Waals surface area contributed by atoms with Crippen LogP contribution in [-0.2, 0) is 16.2 Å². The maximum atomic E-state index is 13.6. The predicted molar refractivity (Wildman–Crippen MR) is 181 cm³/mol. The molecule has 0 radical (unpaired) electrons. The number of hydrogen-bond donors (Lipinski definition) is 1. The van der Waals surface area contributed by atoms with Gasteiger partial charge in [-0.15, -0.1) is 0 Å². The molecule has 8 nitrogen and oxygen atoms in total. The van der Waals surface area contributed by atoms with E-state index in [4.69, 9.17) is 14.2 Å². The number of rotatable bonds is 17. The van der Waals surface area contributed by atoms with Crippen molar-refractivity contribution in [1.82, 2.24) is 9.80 Å². The molecule has 1 amide bonds. The zero-order chi connectivity index (χ0) is 33.1. The van der Waals surface area contributed by atoms with Crippen molar-refractivity contribution in [2.45, 2.75) is 66.0 Å². The predicted octanol–water partition coefficient (Wildman–Crippen LogP) is 7.31. The highest BCUT2D eigenvalue weighted by Crippen LogP contribution is 2.42. The second kappa shape index (κ2) is 16.9. The number of nitrogens with zero attached hydrogens (tertiary/aromatic N) is 2. The summed E-state index contributed by atoms with van der Waals surface area (Å²) in [5.74, 6) is 0.190. The van der Waals surface area contributed by atoms with Gasteiger partial charge in [-0.1, -0.05) is 69.5 Å². The van der Waals surface area contributed by atoms with Crippen molar-refractivity contribution in [3.05, 3.63) is 94.6 Å². The van der Waals surface area contributed by atoms with Crippen LogP contribution in [-0.4, -0.2) is 66.5 Å². The van der Waals surface area contributed by atoms with Crippen LogP contribution < -0.4 is 14.2 Å². The molecule has 1 aliphatic heterocycles. The number of carbonyl (C=O) groups excluding carboxylic acids is 2. The Hall–Kier alpha value is -4.30. The molecule has 4 rings (SSSR count). The summed E-state index contributed by atoms with van der Waals surface area (Å²) < 4.78 is 17.6. The third kappa shape index (κ3) is 8.49. The van der Waals surface area contributed by atoms with Crippen molar-refractivity contribution < 1.29 is 28.9 Å². The van der Waals surface area contributed by atoms with Crippen molar-refractivity contribution in [2.75, 3.05) is 39.9 Å². The second-order valence-electron chi connectivity index (χ2n) is 11.6. The van der Waals surface area contributed by atoms with E-state index in [0.29, 0.717) is 54.6 Å². The molecular formula is C38H48N2O6. The lowest BCUT2D eigenvalue weighted by atomic mass is 9.95. The summed E-state index contributed by atoms with van der Waals surface area (Å²) in [6.07, 6.45) is 3.79. The molecule has 246 valence electrons. The zero-order valence-corrected chi connectivity index (χ0v) is 27.9. The number of ketones is 1. The van der Waals surface area contributed by atoms with Crippen molar-refractivity contribution >= 4 is 17.4 Å². The first-order chi connectivity index (χ1) is 22.3. The summed E-state index contributed by atoms with van der Waals surface area (Å²) in [6, 6.07) is 19.7. The summed E-state index contributed by atoms with van der Waals surface area (Å²) in [6.45, 7) is 12.3. The Kier molecular flexibility index (Phi) is 12.7. The molecule has 1 atom stereocenters. The van der Waals surface area contributed by atoms with Crippen molar-refractivity contribution in [3.8, 4) is 17.2 Å². The molecule has 0 saturated carbocycles. The number of benzene rings is 3. The van der Waals surface area contributed by atoms with E-state index in [1.54, 1.807) is 42.3 Å². The van der Waals surface area contributed by atoms with Gasteiger partial charge >= 0.3 is 0 Å². The molecule has 1 saturated heterocycles. The van der Waals surface area contributed by atoms with Crippen LogP contribution in [0.25, 0.3) is 5.76 Å². The van der Waals surface area contributed by atoms with Crippen LogP contribution in [0.3, 0.4) is 0 Å². The van der Waals surface area contributed by atoms with Gasteiger partial charge in [0.05, 0.1) is 25.3 Å². The molecule has 1 fully saturated rings. The van der Waals surface area contributed by atoms with Crippen LogP contribution in [0, 0.1) is 6.92 Å². The Morgan fingerprint density at radius 3 is 2.24 bits per heavy atom. The highest BCUT2D eigenvalue weighted by atomic mass is 16.5. The molecule has 46 heavy (non-hydrogen) atoms. The number of unbranched alkanes of at least 4 members (excludes halogenated alkanes) is 2. The van der Waals surface area contributed by atoms with E-state index < -0.39 is 17.7 Å². The number of amides is 1. The van der Waals surface area contributed by atoms with Gasteiger partial charge in [0, 0.05) is 12.1 Å². The van der Waals surface area contributed by atoms with Gasteiger partial charge in [0.25, 0.3) is 11.7 Å². The monoisotopic (exact) mass is 628 g/mol. The van der Waals surface area contributed by atoms with Gasteiger partial charge < -0.3 is 29.1 Å². The summed E-state index contributed by atoms with van der Waals surface area (Å²) >= 11 is 0. The van der Waals surface area contributed by atoms with Gasteiger partial charge in [0.2, 0.25) is 0 Å². The first kappa shape index (κ1) is 34.6. The molecule has 0 bridgehead atoms. The van der Waals surface area contributed by atoms with Crippen LogP contribution in [0.4, 0.5) is 0 Å². The third-order valence-electron chi connectivity index (χ3n) is 8.47. The Balaban J connectivity index is 1.65. The number of aliphatic hydroxyl groups is 1. The average molecular weight is 629 g/mol. The molecule has 0 aromatic heterocycles. The molecule has 1 N–H and O–H groups in total. The zero-order valence-electron chi connectivity index (χ0n) is 27.9. The maximum Gasteiger partial charge on any atom is 0.295 e. The van der Waals surface area contributed by atoms with Gasteiger partial charge in [-0.25, -0.2) is 0 Å². The van der Waals surface area contributed by atoms with Crippen LogP contribution in [0.5, 0.6) is 17.2 Å². The van der Waals surface area contributed by atoms with Gasteiger partial charge in [0.1, 0.15) is 18.1 Å². The summed E-state index contributed by atoms with van der Waals surface area (Å²) in [4.78, 5) is 31.0.